The molecule has 3 N–H and O–H groups in total. The number of carbonyl (C=O) groups excluding carboxylic acids is 1. The van der Waals surface area contributed by atoms with E-state index in [2.05, 4.69) is 5.32 Å². The molecule has 0 spiro atoms. The van der Waals surface area contributed by atoms with Gasteiger partial charge >= 0.3 is 0 Å². The summed E-state index contributed by atoms with van der Waals surface area (Å²) >= 11 is 0. The molecule has 0 heterocycles. The van der Waals surface area contributed by atoms with Crippen LogP contribution in [0, 0.1) is 0 Å². The normalized spacial score (nSPS) is 12.8. The van der Waals surface area contributed by atoms with Gasteiger partial charge in [0.05, 0.1) is 25.3 Å². The van der Waals surface area contributed by atoms with E-state index in [9.17, 15) is 4.79 Å². The number of nitrogens with one attached hydrogen (secondary N) is 1. The van der Waals surface area contributed by atoms with Crippen LogP contribution in [-0.4, -0.2) is 25.2 Å². The van der Waals surface area contributed by atoms with E-state index in [1.54, 1.807) is 6.92 Å². The van der Waals surface area contributed by atoms with E-state index in [4.69, 9.17) is 15.2 Å². The van der Waals surface area contributed by atoms with Gasteiger partial charge in [0.25, 0.3) is 0 Å². The number of carbonyl (C=O) groups is 1. The lowest BCUT2D eigenvalue weighted by atomic mass is 10.1. The van der Waals surface area contributed by atoms with Crippen molar-refractivity contribution in [2.75, 3.05) is 13.2 Å². The fraction of sp³-hybridized carbons (Fsp3) is 0.533. The van der Waals surface area contributed by atoms with Crippen molar-refractivity contribution in [3.8, 4) is 11.5 Å². The Balaban J connectivity index is 0.00000400. The van der Waals surface area contributed by atoms with Crippen molar-refractivity contribution in [1.29, 1.82) is 0 Å². The first-order valence-electron chi connectivity index (χ1n) is 6.95. The van der Waals surface area contributed by atoms with Crippen molar-refractivity contribution in [1.82, 2.24) is 5.32 Å². The Kier molecular flexibility index (Phi) is 8.81. The SMILES string of the molecule is CCOc1ccc(C(C)NC(=O)C(C)N)cc1OCC.Cl. The van der Waals surface area contributed by atoms with Crippen LogP contribution < -0.4 is 20.5 Å². The summed E-state index contributed by atoms with van der Waals surface area (Å²) in [5, 5.41) is 2.86. The van der Waals surface area contributed by atoms with Gasteiger partial charge in [-0.05, 0) is 45.4 Å². The van der Waals surface area contributed by atoms with Crippen molar-refractivity contribution in [3.05, 3.63) is 23.8 Å². The molecule has 0 bridgehead atoms. The first-order valence-corrected chi connectivity index (χ1v) is 6.95. The van der Waals surface area contributed by atoms with E-state index in [-0.39, 0.29) is 24.4 Å². The summed E-state index contributed by atoms with van der Waals surface area (Å²) in [7, 11) is 0. The number of halogens is 1. The third-order valence-electron chi connectivity index (χ3n) is 2.84. The number of ether oxygens (including phenoxy) is 2. The van der Waals surface area contributed by atoms with E-state index in [1.165, 1.54) is 0 Å². The highest BCUT2D eigenvalue weighted by atomic mass is 35.5. The summed E-state index contributed by atoms with van der Waals surface area (Å²) in [6.45, 7) is 8.55. The molecule has 2 atom stereocenters. The average Bonchev–Trinajstić information content (AvgIpc) is 2.41. The van der Waals surface area contributed by atoms with Gasteiger partial charge in [0, 0.05) is 0 Å². The highest BCUT2D eigenvalue weighted by Gasteiger charge is 2.15. The lowest BCUT2D eigenvalue weighted by Gasteiger charge is -2.18. The second kappa shape index (κ2) is 9.47. The molecule has 1 rings (SSSR count). The van der Waals surface area contributed by atoms with Crippen LogP contribution in [0.1, 0.15) is 39.3 Å². The Hall–Kier alpha value is -1.46. The Bertz CT molecular complexity index is 453. The number of nitrogens with two attached hydrogens (primary N) is 1. The molecule has 0 aliphatic heterocycles. The van der Waals surface area contributed by atoms with Crippen molar-refractivity contribution < 1.29 is 14.3 Å². The van der Waals surface area contributed by atoms with Crippen LogP contribution in [0.15, 0.2) is 18.2 Å². The maximum Gasteiger partial charge on any atom is 0.237 e. The van der Waals surface area contributed by atoms with Gasteiger partial charge in [0.2, 0.25) is 5.91 Å². The summed E-state index contributed by atoms with van der Waals surface area (Å²) in [6.07, 6.45) is 0. The Morgan fingerprint density at radius 2 is 1.76 bits per heavy atom. The Morgan fingerprint density at radius 1 is 1.19 bits per heavy atom. The summed E-state index contributed by atoms with van der Waals surface area (Å²) in [4.78, 5) is 11.6. The minimum absolute atomic E-state index is 0. The minimum atomic E-state index is -0.522. The van der Waals surface area contributed by atoms with Crippen LogP contribution in [0.2, 0.25) is 0 Å². The zero-order valence-corrected chi connectivity index (χ0v) is 13.8. The predicted molar refractivity (Wildman–Crippen MR) is 86.2 cm³/mol. The molecule has 6 heteroatoms. The zero-order chi connectivity index (χ0) is 15.1. The van der Waals surface area contributed by atoms with Gasteiger partial charge in [0.15, 0.2) is 11.5 Å². The van der Waals surface area contributed by atoms with Crippen LogP contribution in [0.5, 0.6) is 11.5 Å². The molecule has 21 heavy (non-hydrogen) atoms. The van der Waals surface area contributed by atoms with Gasteiger partial charge in [-0.25, -0.2) is 0 Å². The molecule has 120 valence electrons. The maximum absolute atomic E-state index is 11.6. The number of amides is 1. The van der Waals surface area contributed by atoms with Crippen molar-refractivity contribution in [2.24, 2.45) is 5.73 Å². The molecule has 5 nitrogen and oxygen atoms in total. The molecule has 0 aliphatic rings. The van der Waals surface area contributed by atoms with Gasteiger partial charge in [-0.1, -0.05) is 6.07 Å². The second-order valence-electron chi connectivity index (χ2n) is 4.59. The largest absolute Gasteiger partial charge is 0.490 e. The van der Waals surface area contributed by atoms with Gasteiger partial charge in [-0.2, -0.15) is 0 Å². The molecule has 0 saturated carbocycles. The second-order valence-corrected chi connectivity index (χ2v) is 4.59. The smallest absolute Gasteiger partial charge is 0.237 e. The summed E-state index contributed by atoms with van der Waals surface area (Å²) in [6, 6.07) is 5.01. The van der Waals surface area contributed by atoms with Crippen LogP contribution in [0.3, 0.4) is 0 Å². The van der Waals surface area contributed by atoms with Gasteiger partial charge < -0.3 is 20.5 Å². The maximum atomic E-state index is 11.6. The summed E-state index contributed by atoms with van der Waals surface area (Å²) in [5.41, 5.74) is 6.50. The number of benzene rings is 1. The highest BCUT2D eigenvalue weighted by molar-refractivity contribution is 5.85. The first-order chi connectivity index (χ1) is 9.49. The van der Waals surface area contributed by atoms with E-state index in [0.29, 0.717) is 24.7 Å². The van der Waals surface area contributed by atoms with E-state index < -0.39 is 6.04 Å². The van der Waals surface area contributed by atoms with Gasteiger partial charge in [0.1, 0.15) is 0 Å². The molecular formula is C15H25ClN2O3. The molecule has 1 aromatic rings. The van der Waals surface area contributed by atoms with Crippen LogP contribution in [-0.2, 0) is 4.79 Å². The Morgan fingerprint density at radius 3 is 2.29 bits per heavy atom. The third-order valence-corrected chi connectivity index (χ3v) is 2.84. The van der Waals surface area contributed by atoms with Gasteiger partial charge in [-0.15, -0.1) is 12.4 Å². The Labute approximate surface area is 132 Å². The fourth-order valence-electron chi connectivity index (χ4n) is 1.77. The molecule has 0 saturated heterocycles. The fourth-order valence-corrected chi connectivity index (χ4v) is 1.77. The van der Waals surface area contributed by atoms with Crippen LogP contribution in [0.4, 0.5) is 0 Å². The molecule has 0 fully saturated rings. The first kappa shape index (κ1) is 19.5. The number of hydrogen-bond acceptors (Lipinski definition) is 4. The molecule has 1 amide bonds. The number of hydrogen-bond donors (Lipinski definition) is 2. The van der Waals surface area contributed by atoms with E-state index in [0.717, 1.165) is 5.56 Å². The van der Waals surface area contributed by atoms with E-state index >= 15 is 0 Å². The van der Waals surface area contributed by atoms with Crippen molar-refractivity contribution in [3.63, 3.8) is 0 Å². The quantitative estimate of drug-likeness (QED) is 0.810. The topological polar surface area (TPSA) is 73.6 Å². The molecule has 1 aromatic carbocycles. The molecule has 0 radical (unpaired) electrons. The zero-order valence-electron chi connectivity index (χ0n) is 13.0. The van der Waals surface area contributed by atoms with Crippen molar-refractivity contribution >= 4 is 18.3 Å². The minimum Gasteiger partial charge on any atom is -0.490 e. The molecular weight excluding hydrogens is 292 g/mol. The monoisotopic (exact) mass is 316 g/mol. The number of rotatable bonds is 7. The van der Waals surface area contributed by atoms with Crippen molar-refractivity contribution in [2.45, 2.75) is 39.8 Å². The molecule has 0 aliphatic carbocycles. The van der Waals surface area contributed by atoms with Crippen LogP contribution in [0.25, 0.3) is 0 Å². The summed E-state index contributed by atoms with van der Waals surface area (Å²) < 4.78 is 11.1. The summed E-state index contributed by atoms with van der Waals surface area (Å²) in [5.74, 6) is 1.22. The lowest BCUT2D eigenvalue weighted by molar-refractivity contribution is -0.122. The van der Waals surface area contributed by atoms with Crippen LogP contribution >= 0.6 is 12.4 Å². The highest BCUT2D eigenvalue weighted by Crippen LogP contribution is 2.30. The molecule has 2 unspecified atom stereocenters. The average molecular weight is 317 g/mol. The lowest BCUT2D eigenvalue weighted by Crippen LogP contribution is -2.39. The third kappa shape index (κ3) is 5.81. The van der Waals surface area contributed by atoms with Gasteiger partial charge in [-0.3, -0.25) is 4.79 Å². The standard InChI is InChI=1S/C15H24N2O3.ClH/c1-5-19-13-8-7-12(9-14(13)20-6-2)11(4)17-15(18)10(3)16;/h7-11H,5-6,16H2,1-4H3,(H,17,18);1H. The molecule has 0 aromatic heterocycles. The van der Waals surface area contributed by atoms with E-state index in [1.807, 2.05) is 39.0 Å². The predicted octanol–water partition coefficient (Wildman–Crippen LogP) is 2.43.